The lowest BCUT2D eigenvalue weighted by atomic mass is 9.87. The summed E-state index contributed by atoms with van der Waals surface area (Å²) in [7, 11) is 1.12. The number of aromatic nitrogens is 3. The van der Waals surface area contributed by atoms with Gasteiger partial charge in [-0.05, 0) is 43.4 Å². The molecule has 0 saturated carbocycles. The minimum Gasteiger partial charge on any atom is -0.467 e. The van der Waals surface area contributed by atoms with E-state index in [9.17, 15) is 19.5 Å². The lowest BCUT2D eigenvalue weighted by Crippen LogP contribution is -2.48. The lowest BCUT2D eigenvalue weighted by Gasteiger charge is -2.24. The third kappa shape index (κ3) is 5.71. The summed E-state index contributed by atoms with van der Waals surface area (Å²) in [6.45, 7) is 7.57. The summed E-state index contributed by atoms with van der Waals surface area (Å²) in [6, 6.07) is 8.58. The highest BCUT2D eigenvalue weighted by Crippen LogP contribution is 2.28. The number of aliphatic hydroxyl groups is 1. The molecule has 192 valence electrons. The molecule has 0 bridgehead atoms. The van der Waals surface area contributed by atoms with Crippen LogP contribution in [-0.2, 0) is 9.53 Å². The van der Waals surface area contributed by atoms with Crippen LogP contribution in [-0.4, -0.2) is 56.7 Å². The molecule has 3 aromatic rings. The number of amides is 1. The first-order chi connectivity index (χ1) is 17.1. The summed E-state index contributed by atoms with van der Waals surface area (Å²) in [5, 5.41) is 20.6. The van der Waals surface area contributed by atoms with E-state index in [-0.39, 0.29) is 41.6 Å². The molecule has 2 heterocycles. The van der Waals surface area contributed by atoms with Gasteiger partial charge in [-0.3, -0.25) is 14.7 Å². The predicted molar refractivity (Wildman–Crippen MR) is 132 cm³/mol. The number of nitrogens with one attached hydrogen (secondary N) is 2. The number of hydrogen-bond donors (Lipinski definition) is 3. The molecule has 0 aliphatic carbocycles. The molecule has 10 heteroatoms. The van der Waals surface area contributed by atoms with Crippen LogP contribution in [0.1, 0.15) is 68.0 Å². The van der Waals surface area contributed by atoms with Gasteiger partial charge >= 0.3 is 5.97 Å². The maximum atomic E-state index is 13.0. The normalized spacial score (nSPS) is 13.0. The molecule has 3 N–H and O–H groups in total. The number of carbonyl (C=O) groups is 3. The second kappa shape index (κ2) is 11.3. The van der Waals surface area contributed by atoms with Crippen molar-refractivity contribution in [3.8, 4) is 22.7 Å². The third-order valence-electron chi connectivity index (χ3n) is 5.88. The van der Waals surface area contributed by atoms with Crippen LogP contribution >= 0.6 is 0 Å². The van der Waals surface area contributed by atoms with Gasteiger partial charge in [0.1, 0.15) is 5.69 Å². The van der Waals surface area contributed by atoms with Crippen molar-refractivity contribution in [3.63, 3.8) is 0 Å². The van der Waals surface area contributed by atoms with Crippen molar-refractivity contribution in [3.05, 3.63) is 48.0 Å². The number of ketones is 1. The molecule has 1 aromatic carbocycles. The van der Waals surface area contributed by atoms with Crippen molar-refractivity contribution in [1.29, 1.82) is 0 Å². The molecular weight excluding hydrogens is 464 g/mol. The molecule has 36 heavy (non-hydrogen) atoms. The Labute approximate surface area is 209 Å². The average Bonchev–Trinajstić information content (AvgIpc) is 3.56. The number of esters is 1. The van der Waals surface area contributed by atoms with Crippen LogP contribution in [0.25, 0.3) is 22.7 Å². The van der Waals surface area contributed by atoms with Crippen molar-refractivity contribution < 1.29 is 28.6 Å². The number of rotatable bonds is 11. The predicted octanol–water partition coefficient (Wildman–Crippen LogP) is 3.78. The number of Topliss-reactive ketones (excluding diaryl/α,β-unsaturated/α-hetero) is 1. The fourth-order valence-electron chi connectivity index (χ4n) is 3.91. The molecular formula is C26H32N4O6. The highest BCUT2D eigenvalue weighted by Gasteiger charge is 2.46. The summed E-state index contributed by atoms with van der Waals surface area (Å²) < 4.78 is 10.4. The molecule has 0 unspecified atom stereocenters. The van der Waals surface area contributed by atoms with Crippen molar-refractivity contribution in [1.82, 2.24) is 20.5 Å². The second-order valence-corrected chi connectivity index (χ2v) is 9.04. The minimum atomic E-state index is -2.32. The fraction of sp³-hybridized carbons (Fsp3) is 0.423. The van der Waals surface area contributed by atoms with E-state index in [1.165, 1.54) is 12.3 Å². The van der Waals surface area contributed by atoms with Gasteiger partial charge < -0.3 is 19.6 Å². The number of H-pyrrole nitrogens is 1. The van der Waals surface area contributed by atoms with Crippen LogP contribution < -0.4 is 5.32 Å². The van der Waals surface area contributed by atoms with E-state index in [1.54, 1.807) is 38.1 Å². The van der Waals surface area contributed by atoms with Crippen LogP contribution in [0.2, 0.25) is 0 Å². The number of methoxy groups -OCH3 is 1. The molecule has 2 aromatic heterocycles. The average molecular weight is 497 g/mol. The molecule has 0 saturated heterocycles. The molecule has 0 radical (unpaired) electrons. The van der Waals surface area contributed by atoms with E-state index < -0.39 is 17.4 Å². The maximum absolute atomic E-state index is 13.0. The zero-order valence-corrected chi connectivity index (χ0v) is 21.1. The molecule has 1 amide bonds. The first-order valence-corrected chi connectivity index (χ1v) is 11.9. The Balaban J connectivity index is 1.84. The SMILES string of the molecule is CCC(CC)NC(=O)c1cnc(-c2cccc(-c3cc(C(=O)[C@](O)(CC(C)C)C(=O)OC)[nH]n3)c2)o1. The largest absolute Gasteiger partial charge is 0.467 e. The smallest absolute Gasteiger partial charge is 0.346 e. The topological polar surface area (TPSA) is 147 Å². The number of carbonyl (C=O) groups excluding carboxylic acids is 3. The minimum absolute atomic E-state index is 0.0274. The second-order valence-electron chi connectivity index (χ2n) is 9.04. The number of benzene rings is 1. The summed E-state index contributed by atoms with van der Waals surface area (Å²) in [6.07, 6.45) is 2.91. The van der Waals surface area contributed by atoms with Gasteiger partial charge in [-0.25, -0.2) is 9.78 Å². The zero-order valence-electron chi connectivity index (χ0n) is 21.1. The van der Waals surface area contributed by atoms with E-state index in [2.05, 4.69) is 25.2 Å². The van der Waals surface area contributed by atoms with Gasteiger partial charge in [0.25, 0.3) is 5.91 Å². The number of aromatic amines is 1. The number of oxazole rings is 1. The Morgan fingerprint density at radius 1 is 1.17 bits per heavy atom. The number of ether oxygens (including phenoxy) is 1. The van der Waals surface area contributed by atoms with Crippen molar-refractivity contribution >= 4 is 17.7 Å². The first-order valence-electron chi connectivity index (χ1n) is 11.9. The summed E-state index contributed by atoms with van der Waals surface area (Å²) in [5.74, 6) is -1.93. The Morgan fingerprint density at radius 3 is 2.50 bits per heavy atom. The highest BCUT2D eigenvalue weighted by atomic mass is 16.5. The standard InChI is InChI=1S/C26H32N4O6/c1-6-18(7-2)28-23(32)21-14-27-24(36-21)17-10-8-9-16(11-17)19-12-20(30-29-19)22(31)26(34,13-15(3)4)25(33)35-5/h8-12,14-15,18,34H,6-7,13H2,1-5H3,(H,28,32)(H,29,30)/t26-/m1/s1. The fourth-order valence-corrected chi connectivity index (χ4v) is 3.91. The van der Waals surface area contributed by atoms with Gasteiger partial charge in [0.15, 0.2) is 0 Å². The van der Waals surface area contributed by atoms with E-state index in [1.807, 2.05) is 13.8 Å². The van der Waals surface area contributed by atoms with Gasteiger partial charge in [0, 0.05) is 17.2 Å². The lowest BCUT2D eigenvalue weighted by molar-refractivity contribution is -0.158. The van der Waals surface area contributed by atoms with Crippen molar-refractivity contribution in [2.24, 2.45) is 5.92 Å². The Kier molecular flexibility index (Phi) is 8.41. The van der Waals surface area contributed by atoms with Crippen LogP contribution in [0.4, 0.5) is 0 Å². The van der Waals surface area contributed by atoms with Crippen LogP contribution in [0.5, 0.6) is 0 Å². The van der Waals surface area contributed by atoms with Gasteiger partial charge in [0.2, 0.25) is 23.0 Å². The first kappa shape index (κ1) is 26.8. The van der Waals surface area contributed by atoms with Crippen LogP contribution in [0.3, 0.4) is 0 Å². The van der Waals surface area contributed by atoms with Crippen molar-refractivity contribution in [2.45, 2.75) is 58.6 Å². The highest BCUT2D eigenvalue weighted by molar-refractivity contribution is 6.14. The van der Waals surface area contributed by atoms with Gasteiger partial charge in [0.05, 0.1) is 19.0 Å². The monoisotopic (exact) mass is 496 g/mol. The summed E-state index contributed by atoms with van der Waals surface area (Å²) in [4.78, 5) is 41.9. The molecule has 1 atom stereocenters. The Morgan fingerprint density at radius 2 is 1.86 bits per heavy atom. The number of hydrogen-bond acceptors (Lipinski definition) is 8. The summed E-state index contributed by atoms with van der Waals surface area (Å²) >= 11 is 0. The third-order valence-corrected chi connectivity index (χ3v) is 5.88. The summed E-state index contributed by atoms with van der Waals surface area (Å²) in [5.41, 5.74) is -0.695. The van der Waals surface area contributed by atoms with E-state index in [4.69, 9.17) is 4.42 Å². The molecule has 10 nitrogen and oxygen atoms in total. The van der Waals surface area contributed by atoms with E-state index in [0.29, 0.717) is 16.8 Å². The molecule has 0 spiro atoms. The Hall–Kier alpha value is -3.79. The molecule has 0 aliphatic rings. The van der Waals surface area contributed by atoms with E-state index in [0.717, 1.165) is 20.0 Å². The van der Waals surface area contributed by atoms with Gasteiger partial charge in [-0.2, -0.15) is 5.10 Å². The quantitative estimate of drug-likeness (QED) is 0.206. The van der Waals surface area contributed by atoms with Gasteiger partial charge in [-0.1, -0.05) is 39.8 Å². The van der Waals surface area contributed by atoms with Crippen LogP contribution in [0, 0.1) is 5.92 Å². The maximum Gasteiger partial charge on any atom is 0.346 e. The van der Waals surface area contributed by atoms with Gasteiger partial charge in [-0.15, -0.1) is 0 Å². The Bertz CT molecular complexity index is 1230. The zero-order chi connectivity index (χ0) is 26.5. The van der Waals surface area contributed by atoms with Crippen LogP contribution in [0.15, 0.2) is 40.9 Å². The molecule has 0 aliphatic heterocycles. The molecule has 0 fully saturated rings. The van der Waals surface area contributed by atoms with Crippen molar-refractivity contribution in [2.75, 3.05) is 7.11 Å². The van der Waals surface area contributed by atoms with E-state index >= 15 is 0 Å². The number of nitrogens with zero attached hydrogens (tertiary/aromatic N) is 2. The molecule has 3 rings (SSSR count).